The molecular formula is C10H18N2OS. The van der Waals surface area contributed by atoms with Crippen molar-refractivity contribution < 1.29 is 4.79 Å². The molecule has 0 aromatic heterocycles. The lowest BCUT2D eigenvalue weighted by atomic mass is 10.0. The van der Waals surface area contributed by atoms with E-state index in [-0.39, 0.29) is 11.8 Å². The molecule has 0 heterocycles. The third-order valence-electron chi connectivity index (χ3n) is 2.78. The van der Waals surface area contributed by atoms with Crippen molar-refractivity contribution in [3.63, 3.8) is 0 Å². The molecule has 1 aliphatic rings. The Balaban J connectivity index is 2.51. The highest BCUT2D eigenvalue weighted by Crippen LogP contribution is 2.25. The van der Waals surface area contributed by atoms with Gasteiger partial charge in [-0.3, -0.25) is 4.79 Å². The summed E-state index contributed by atoms with van der Waals surface area (Å²) in [5, 5.41) is 2.89. The summed E-state index contributed by atoms with van der Waals surface area (Å²) in [6.07, 6.45) is 4.32. The first-order chi connectivity index (χ1) is 6.43. The van der Waals surface area contributed by atoms with E-state index in [0.29, 0.717) is 4.99 Å². The summed E-state index contributed by atoms with van der Waals surface area (Å²) >= 11 is 4.89. The average Bonchev–Trinajstić information content (AvgIpc) is 2.54. The summed E-state index contributed by atoms with van der Waals surface area (Å²) < 4.78 is 0. The van der Waals surface area contributed by atoms with Gasteiger partial charge in [0.1, 0.15) is 0 Å². The van der Waals surface area contributed by atoms with E-state index in [4.69, 9.17) is 18.0 Å². The van der Waals surface area contributed by atoms with Crippen LogP contribution in [0.15, 0.2) is 0 Å². The van der Waals surface area contributed by atoms with E-state index < -0.39 is 5.54 Å². The Morgan fingerprint density at radius 2 is 1.93 bits per heavy atom. The molecule has 0 radical (unpaired) electrons. The van der Waals surface area contributed by atoms with Crippen LogP contribution in [0.5, 0.6) is 0 Å². The van der Waals surface area contributed by atoms with Crippen molar-refractivity contribution in [2.75, 3.05) is 0 Å². The number of carbonyl (C=O) groups is 1. The van der Waals surface area contributed by atoms with Gasteiger partial charge in [-0.2, -0.15) is 0 Å². The number of hydrogen-bond acceptors (Lipinski definition) is 2. The highest BCUT2D eigenvalue weighted by Gasteiger charge is 2.29. The topological polar surface area (TPSA) is 55.1 Å². The summed E-state index contributed by atoms with van der Waals surface area (Å²) in [7, 11) is 0. The molecule has 0 bridgehead atoms. The Morgan fingerprint density at radius 3 is 2.36 bits per heavy atom. The number of nitrogens with two attached hydrogens (primary N) is 1. The van der Waals surface area contributed by atoms with E-state index in [0.717, 1.165) is 25.7 Å². The summed E-state index contributed by atoms with van der Waals surface area (Å²) in [4.78, 5) is 12.1. The van der Waals surface area contributed by atoms with Gasteiger partial charge >= 0.3 is 0 Å². The van der Waals surface area contributed by atoms with E-state index in [1.165, 1.54) is 0 Å². The van der Waals surface area contributed by atoms with Crippen LogP contribution in [0, 0.1) is 5.92 Å². The van der Waals surface area contributed by atoms with Gasteiger partial charge in [0.25, 0.3) is 0 Å². The first kappa shape index (κ1) is 11.4. The quantitative estimate of drug-likeness (QED) is 0.697. The number of rotatable bonds is 3. The maximum atomic E-state index is 11.7. The van der Waals surface area contributed by atoms with Crippen LogP contribution in [0.3, 0.4) is 0 Å². The number of thiocarbonyl (C=S) groups is 1. The summed E-state index contributed by atoms with van der Waals surface area (Å²) in [5.74, 6) is 0.268. The van der Waals surface area contributed by atoms with Crippen molar-refractivity contribution in [2.24, 2.45) is 11.7 Å². The molecule has 0 saturated heterocycles. The maximum absolute atomic E-state index is 11.7. The van der Waals surface area contributed by atoms with Gasteiger partial charge in [0.05, 0.1) is 10.5 Å². The van der Waals surface area contributed by atoms with Crippen LogP contribution in [0.2, 0.25) is 0 Å². The fourth-order valence-corrected chi connectivity index (χ4v) is 1.71. The molecule has 1 amide bonds. The molecular weight excluding hydrogens is 196 g/mol. The Morgan fingerprint density at radius 1 is 1.43 bits per heavy atom. The second-order valence-electron chi connectivity index (χ2n) is 4.46. The molecule has 4 heteroatoms. The van der Waals surface area contributed by atoms with Gasteiger partial charge in [-0.15, -0.1) is 0 Å². The smallest absolute Gasteiger partial charge is 0.223 e. The average molecular weight is 214 g/mol. The van der Waals surface area contributed by atoms with Gasteiger partial charge in [0.15, 0.2) is 0 Å². The molecule has 1 fully saturated rings. The predicted molar refractivity (Wildman–Crippen MR) is 61.0 cm³/mol. The molecule has 3 N–H and O–H groups in total. The molecule has 3 nitrogen and oxygen atoms in total. The number of hydrogen-bond donors (Lipinski definition) is 2. The molecule has 0 atom stereocenters. The molecule has 14 heavy (non-hydrogen) atoms. The minimum Gasteiger partial charge on any atom is -0.391 e. The van der Waals surface area contributed by atoms with Gasteiger partial charge in [0.2, 0.25) is 5.91 Å². The molecule has 1 aliphatic carbocycles. The lowest BCUT2D eigenvalue weighted by Crippen LogP contribution is -2.53. The molecule has 80 valence electrons. The first-order valence-corrected chi connectivity index (χ1v) is 5.46. The van der Waals surface area contributed by atoms with Crippen molar-refractivity contribution in [1.29, 1.82) is 0 Å². The van der Waals surface area contributed by atoms with Gasteiger partial charge < -0.3 is 11.1 Å². The van der Waals surface area contributed by atoms with Gasteiger partial charge in [-0.05, 0) is 26.7 Å². The number of carbonyl (C=O) groups excluding carboxylic acids is 1. The van der Waals surface area contributed by atoms with Crippen LogP contribution >= 0.6 is 12.2 Å². The number of nitrogens with one attached hydrogen (secondary N) is 1. The molecule has 0 spiro atoms. The van der Waals surface area contributed by atoms with E-state index in [9.17, 15) is 4.79 Å². The molecule has 0 aromatic rings. The van der Waals surface area contributed by atoms with Crippen LogP contribution in [0.1, 0.15) is 39.5 Å². The monoisotopic (exact) mass is 214 g/mol. The Hall–Kier alpha value is -0.640. The van der Waals surface area contributed by atoms with Crippen molar-refractivity contribution in [1.82, 2.24) is 5.32 Å². The zero-order valence-electron chi connectivity index (χ0n) is 8.80. The van der Waals surface area contributed by atoms with E-state index >= 15 is 0 Å². The fraction of sp³-hybridized carbons (Fsp3) is 0.800. The maximum Gasteiger partial charge on any atom is 0.223 e. The third kappa shape index (κ3) is 2.67. The molecule has 0 aliphatic heterocycles. The fourth-order valence-electron chi connectivity index (χ4n) is 1.66. The minimum absolute atomic E-state index is 0.0975. The van der Waals surface area contributed by atoms with Crippen LogP contribution in [0.4, 0.5) is 0 Å². The van der Waals surface area contributed by atoms with Crippen LogP contribution in [-0.4, -0.2) is 16.4 Å². The van der Waals surface area contributed by atoms with Crippen LogP contribution in [0.25, 0.3) is 0 Å². The van der Waals surface area contributed by atoms with E-state index in [2.05, 4.69) is 5.32 Å². The SMILES string of the molecule is CC(C)(NC(=O)C1CCCC1)C(N)=S. The summed E-state index contributed by atoms with van der Waals surface area (Å²) in [6, 6.07) is 0. The zero-order chi connectivity index (χ0) is 10.8. The largest absolute Gasteiger partial charge is 0.391 e. The second kappa shape index (κ2) is 4.26. The first-order valence-electron chi connectivity index (χ1n) is 5.05. The summed E-state index contributed by atoms with van der Waals surface area (Å²) in [5.41, 5.74) is 4.97. The number of amides is 1. The molecule has 0 aromatic carbocycles. The normalized spacial score (nSPS) is 18.1. The van der Waals surface area contributed by atoms with Gasteiger partial charge in [0, 0.05) is 5.92 Å². The molecule has 1 saturated carbocycles. The molecule has 1 rings (SSSR count). The van der Waals surface area contributed by atoms with Crippen LogP contribution < -0.4 is 11.1 Å². The van der Waals surface area contributed by atoms with Crippen molar-refractivity contribution in [3.05, 3.63) is 0 Å². The minimum atomic E-state index is -0.561. The van der Waals surface area contributed by atoms with E-state index in [1.54, 1.807) is 0 Å². The highest BCUT2D eigenvalue weighted by molar-refractivity contribution is 7.80. The van der Waals surface area contributed by atoms with Crippen LogP contribution in [-0.2, 0) is 4.79 Å². The second-order valence-corrected chi connectivity index (χ2v) is 4.90. The third-order valence-corrected chi connectivity index (χ3v) is 3.29. The standard InChI is InChI=1S/C10H18N2OS/c1-10(2,9(11)14)12-8(13)7-5-3-4-6-7/h7H,3-6H2,1-2H3,(H2,11,14)(H,12,13). The van der Waals surface area contributed by atoms with Gasteiger partial charge in [-0.1, -0.05) is 25.1 Å². The lowest BCUT2D eigenvalue weighted by molar-refractivity contribution is -0.125. The zero-order valence-corrected chi connectivity index (χ0v) is 9.62. The van der Waals surface area contributed by atoms with Crippen molar-refractivity contribution in [2.45, 2.75) is 45.1 Å². The lowest BCUT2D eigenvalue weighted by Gasteiger charge is -2.26. The van der Waals surface area contributed by atoms with Crippen molar-refractivity contribution >= 4 is 23.1 Å². The summed E-state index contributed by atoms with van der Waals surface area (Å²) in [6.45, 7) is 3.67. The predicted octanol–water partition coefficient (Wildman–Crippen LogP) is 1.36. The van der Waals surface area contributed by atoms with Gasteiger partial charge in [-0.25, -0.2) is 0 Å². The Kier molecular flexibility index (Phi) is 3.48. The Labute approximate surface area is 90.4 Å². The van der Waals surface area contributed by atoms with Crippen molar-refractivity contribution in [3.8, 4) is 0 Å². The molecule has 0 unspecified atom stereocenters. The van der Waals surface area contributed by atoms with E-state index in [1.807, 2.05) is 13.8 Å². The Bertz CT molecular complexity index is 245. The highest BCUT2D eigenvalue weighted by atomic mass is 32.1.